The number of alkyl halides is 3. The lowest BCUT2D eigenvalue weighted by atomic mass is 10.2. The lowest BCUT2D eigenvalue weighted by Crippen LogP contribution is -2.51. The van der Waals surface area contributed by atoms with Crippen LogP contribution in [0.2, 0.25) is 0 Å². The third-order valence-corrected chi connectivity index (χ3v) is 6.30. The van der Waals surface area contributed by atoms with E-state index in [2.05, 4.69) is 25.6 Å². The molecule has 3 aromatic heterocycles. The zero-order chi connectivity index (χ0) is 25.3. The molecule has 2 saturated heterocycles. The molecule has 2 N–H and O–H groups in total. The molecule has 5 heterocycles. The van der Waals surface area contributed by atoms with Gasteiger partial charge in [-0.15, -0.1) is 0 Å². The molecule has 2 atom stereocenters. The summed E-state index contributed by atoms with van der Waals surface area (Å²) in [6, 6.07) is 4.57. The SMILES string of the molecule is COCc1nn(CCOCC(F)(F)F)c2c(Nc3cc(C)ccn3)nc(N3CC4CCC(C3)N4)nc12. The Balaban J connectivity index is 1.54. The molecule has 10 nitrogen and oxygen atoms in total. The number of aromatic nitrogens is 5. The highest BCUT2D eigenvalue weighted by atomic mass is 19.4. The molecule has 36 heavy (non-hydrogen) atoms. The normalized spacial score (nSPS) is 19.9. The minimum absolute atomic E-state index is 0.0900. The largest absolute Gasteiger partial charge is 0.411 e. The molecule has 0 saturated carbocycles. The Morgan fingerprint density at radius 3 is 2.67 bits per heavy atom. The van der Waals surface area contributed by atoms with Gasteiger partial charge in [-0.3, -0.25) is 4.68 Å². The van der Waals surface area contributed by atoms with E-state index in [1.807, 2.05) is 19.1 Å². The summed E-state index contributed by atoms with van der Waals surface area (Å²) < 4.78 is 49.4. The zero-order valence-electron chi connectivity index (χ0n) is 20.2. The van der Waals surface area contributed by atoms with Gasteiger partial charge in [-0.05, 0) is 37.5 Å². The fourth-order valence-corrected chi connectivity index (χ4v) is 4.78. The van der Waals surface area contributed by atoms with Crippen LogP contribution in [0, 0.1) is 6.92 Å². The van der Waals surface area contributed by atoms with Crippen molar-refractivity contribution in [3.05, 3.63) is 29.6 Å². The number of methoxy groups -OCH3 is 1. The van der Waals surface area contributed by atoms with Crippen LogP contribution in [0.4, 0.5) is 30.8 Å². The highest BCUT2D eigenvalue weighted by Crippen LogP contribution is 2.31. The molecule has 0 spiro atoms. The predicted octanol–water partition coefficient (Wildman–Crippen LogP) is 2.94. The molecule has 2 bridgehead atoms. The Bertz CT molecular complexity index is 1210. The smallest absolute Gasteiger partial charge is 0.378 e. The fraction of sp³-hybridized carbons (Fsp3) is 0.565. The second-order valence-electron chi connectivity index (χ2n) is 9.23. The Labute approximate surface area is 206 Å². The van der Waals surface area contributed by atoms with Crippen LogP contribution < -0.4 is 15.5 Å². The molecule has 0 aliphatic carbocycles. The molecule has 2 aliphatic heterocycles. The highest BCUT2D eigenvalue weighted by Gasteiger charge is 2.34. The first-order valence-electron chi connectivity index (χ1n) is 11.9. The number of fused-ring (bicyclic) bond motifs is 3. The first kappa shape index (κ1) is 24.7. The van der Waals surface area contributed by atoms with E-state index in [0.717, 1.165) is 31.5 Å². The van der Waals surface area contributed by atoms with Crippen molar-refractivity contribution in [3.8, 4) is 0 Å². The van der Waals surface area contributed by atoms with Gasteiger partial charge in [-0.2, -0.15) is 23.3 Å². The molecule has 0 aromatic carbocycles. The Morgan fingerprint density at radius 1 is 1.19 bits per heavy atom. The number of piperazine rings is 1. The monoisotopic (exact) mass is 506 g/mol. The van der Waals surface area contributed by atoms with Crippen molar-refractivity contribution >= 4 is 28.6 Å². The van der Waals surface area contributed by atoms with E-state index in [-0.39, 0.29) is 19.8 Å². The van der Waals surface area contributed by atoms with Crippen molar-refractivity contribution in [3.63, 3.8) is 0 Å². The molecule has 5 rings (SSSR count). The van der Waals surface area contributed by atoms with Crippen LogP contribution in [0.1, 0.15) is 24.1 Å². The first-order chi connectivity index (χ1) is 17.3. The van der Waals surface area contributed by atoms with Crippen LogP contribution in [0.5, 0.6) is 0 Å². The maximum absolute atomic E-state index is 12.5. The number of nitrogens with zero attached hydrogens (tertiary/aromatic N) is 6. The lowest BCUT2D eigenvalue weighted by Gasteiger charge is -2.33. The maximum Gasteiger partial charge on any atom is 0.411 e. The van der Waals surface area contributed by atoms with Gasteiger partial charge in [0.15, 0.2) is 5.82 Å². The molecule has 2 aliphatic rings. The summed E-state index contributed by atoms with van der Waals surface area (Å²) in [5, 5.41) is 11.5. The van der Waals surface area contributed by atoms with Crippen LogP contribution in [0.15, 0.2) is 18.3 Å². The molecule has 2 unspecified atom stereocenters. The zero-order valence-corrected chi connectivity index (χ0v) is 20.2. The van der Waals surface area contributed by atoms with E-state index in [1.54, 1.807) is 18.0 Å². The summed E-state index contributed by atoms with van der Waals surface area (Å²) in [7, 11) is 1.56. The lowest BCUT2D eigenvalue weighted by molar-refractivity contribution is -0.174. The third kappa shape index (κ3) is 5.52. The van der Waals surface area contributed by atoms with Gasteiger partial charge in [0.2, 0.25) is 5.95 Å². The first-order valence-corrected chi connectivity index (χ1v) is 11.9. The standard InChI is InChI=1S/C23H29F3N8O2/c1-14-5-6-27-18(9-14)29-21-20-19(30-22(31-21)33-10-15-3-4-16(11-33)28-15)17(12-35-2)32-34(20)7-8-36-13-23(24,25)26/h5-6,9,15-16,28H,3-4,7-8,10-13H2,1-2H3,(H,27,29,30,31). The minimum atomic E-state index is -4.39. The molecule has 194 valence electrons. The van der Waals surface area contributed by atoms with Crippen LogP contribution in [-0.4, -0.2) is 76.4 Å². The number of ether oxygens (including phenoxy) is 2. The number of hydrogen-bond acceptors (Lipinski definition) is 9. The maximum atomic E-state index is 12.5. The molecular formula is C23H29F3N8O2. The van der Waals surface area contributed by atoms with Crippen LogP contribution in [-0.2, 0) is 22.6 Å². The molecule has 2 fully saturated rings. The van der Waals surface area contributed by atoms with Crippen molar-refractivity contribution in [1.82, 2.24) is 30.0 Å². The van der Waals surface area contributed by atoms with Crippen molar-refractivity contribution in [2.45, 2.75) is 51.2 Å². The average Bonchev–Trinajstić information content (AvgIpc) is 3.35. The number of pyridine rings is 1. The minimum Gasteiger partial charge on any atom is -0.378 e. The van der Waals surface area contributed by atoms with Crippen molar-refractivity contribution in [2.24, 2.45) is 0 Å². The molecule has 3 aromatic rings. The second-order valence-corrected chi connectivity index (χ2v) is 9.23. The Hall–Kier alpha value is -3.03. The van der Waals surface area contributed by atoms with Gasteiger partial charge in [-0.25, -0.2) is 9.97 Å². The van der Waals surface area contributed by atoms with Crippen LogP contribution in [0.25, 0.3) is 11.0 Å². The van der Waals surface area contributed by atoms with E-state index < -0.39 is 12.8 Å². The molecule has 0 radical (unpaired) electrons. The van der Waals surface area contributed by atoms with E-state index >= 15 is 0 Å². The van der Waals surface area contributed by atoms with Crippen molar-refractivity contribution in [2.75, 3.05) is 43.6 Å². The quantitative estimate of drug-likeness (QED) is 0.424. The molecule has 0 amide bonds. The van der Waals surface area contributed by atoms with Gasteiger partial charge in [0, 0.05) is 38.5 Å². The fourth-order valence-electron chi connectivity index (χ4n) is 4.78. The van der Waals surface area contributed by atoms with Crippen LogP contribution in [0.3, 0.4) is 0 Å². The molecule has 13 heteroatoms. The second kappa shape index (κ2) is 10.1. The number of nitrogens with one attached hydrogen (secondary N) is 2. The number of aryl methyl sites for hydroxylation is 1. The van der Waals surface area contributed by atoms with Gasteiger partial charge < -0.3 is 25.0 Å². The van der Waals surface area contributed by atoms with E-state index in [4.69, 9.17) is 19.4 Å². The van der Waals surface area contributed by atoms with Gasteiger partial charge in [0.1, 0.15) is 29.2 Å². The highest BCUT2D eigenvalue weighted by molar-refractivity contribution is 5.90. The summed E-state index contributed by atoms with van der Waals surface area (Å²) in [6.07, 6.45) is -0.458. The summed E-state index contributed by atoms with van der Waals surface area (Å²) in [5.41, 5.74) is 2.73. The van der Waals surface area contributed by atoms with E-state index in [9.17, 15) is 13.2 Å². The summed E-state index contributed by atoms with van der Waals surface area (Å²) >= 11 is 0. The number of anilines is 3. The Morgan fingerprint density at radius 2 is 1.97 bits per heavy atom. The third-order valence-electron chi connectivity index (χ3n) is 6.30. The van der Waals surface area contributed by atoms with Crippen molar-refractivity contribution in [1.29, 1.82) is 0 Å². The van der Waals surface area contributed by atoms with Gasteiger partial charge in [0.05, 0.1) is 19.8 Å². The number of halogens is 3. The van der Waals surface area contributed by atoms with Crippen molar-refractivity contribution < 1.29 is 22.6 Å². The summed E-state index contributed by atoms with van der Waals surface area (Å²) in [6.45, 7) is 2.34. The van der Waals surface area contributed by atoms with Gasteiger partial charge in [0.25, 0.3) is 0 Å². The van der Waals surface area contributed by atoms with Crippen LogP contribution >= 0.6 is 0 Å². The van der Waals surface area contributed by atoms with Gasteiger partial charge in [-0.1, -0.05) is 0 Å². The topological polar surface area (TPSA) is 102 Å². The molecular weight excluding hydrogens is 477 g/mol. The Kier molecular flexibility index (Phi) is 6.95. The number of rotatable bonds is 9. The number of hydrogen-bond donors (Lipinski definition) is 2. The summed E-state index contributed by atoms with van der Waals surface area (Å²) in [5.74, 6) is 1.64. The van der Waals surface area contributed by atoms with Gasteiger partial charge >= 0.3 is 6.18 Å². The summed E-state index contributed by atoms with van der Waals surface area (Å²) in [4.78, 5) is 16.3. The predicted molar refractivity (Wildman–Crippen MR) is 127 cm³/mol. The average molecular weight is 507 g/mol. The van der Waals surface area contributed by atoms with E-state index in [0.29, 0.717) is 46.4 Å². The van der Waals surface area contributed by atoms with E-state index in [1.165, 1.54) is 0 Å².